The molecule has 0 aliphatic carbocycles. The fraction of sp³-hybridized carbons (Fsp3) is 0.385. The zero-order chi connectivity index (χ0) is 18.5. The molecule has 1 aromatic rings. The number of hydrogen-bond acceptors (Lipinski definition) is 5. The van der Waals surface area contributed by atoms with E-state index >= 15 is 0 Å². The number of rotatable bonds is 6. The van der Waals surface area contributed by atoms with E-state index in [0.717, 1.165) is 13.2 Å². The van der Waals surface area contributed by atoms with Crippen molar-refractivity contribution >= 4 is 27.6 Å². The van der Waals surface area contributed by atoms with Gasteiger partial charge in [0.05, 0.1) is 11.8 Å². The molecule has 0 radical (unpaired) electrons. The van der Waals surface area contributed by atoms with E-state index < -0.39 is 40.7 Å². The molecule has 0 bridgehead atoms. The molecular weight excluding hydrogens is 353 g/mol. The van der Waals surface area contributed by atoms with Gasteiger partial charge >= 0.3 is 12.1 Å². The summed E-state index contributed by atoms with van der Waals surface area (Å²) in [6.07, 6.45) is -5.11. The Balaban J connectivity index is 2.70. The molecule has 1 rings (SSSR count). The van der Waals surface area contributed by atoms with Gasteiger partial charge in [-0.15, -0.1) is 0 Å². The van der Waals surface area contributed by atoms with Crippen molar-refractivity contribution in [3.05, 3.63) is 29.8 Å². The fourth-order valence-electron chi connectivity index (χ4n) is 1.54. The van der Waals surface area contributed by atoms with Crippen LogP contribution in [0.1, 0.15) is 17.3 Å². The van der Waals surface area contributed by atoms with Crippen LogP contribution >= 0.6 is 0 Å². The van der Waals surface area contributed by atoms with Gasteiger partial charge in [-0.3, -0.25) is 9.52 Å². The van der Waals surface area contributed by atoms with Crippen LogP contribution in [0, 0.1) is 0 Å². The van der Waals surface area contributed by atoms with E-state index in [0.29, 0.717) is 0 Å². The molecule has 0 aromatic heterocycles. The number of carbonyl (C=O) groups is 2. The Labute approximate surface area is 136 Å². The van der Waals surface area contributed by atoms with Gasteiger partial charge in [0.2, 0.25) is 10.0 Å². The van der Waals surface area contributed by atoms with Gasteiger partial charge in [-0.05, 0) is 25.1 Å². The molecule has 0 aliphatic rings. The quantitative estimate of drug-likeness (QED) is 0.737. The lowest BCUT2D eigenvalue weighted by Crippen LogP contribution is -2.40. The largest absolute Gasteiger partial charge is 0.449 e. The molecule has 0 aliphatic heterocycles. The van der Waals surface area contributed by atoms with E-state index in [9.17, 15) is 31.2 Å². The van der Waals surface area contributed by atoms with Gasteiger partial charge in [0.25, 0.3) is 5.91 Å². The van der Waals surface area contributed by atoms with Gasteiger partial charge in [-0.2, -0.15) is 13.2 Å². The first-order chi connectivity index (χ1) is 10.9. The second-order valence-corrected chi connectivity index (χ2v) is 6.58. The van der Waals surface area contributed by atoms with Crippen LogP contribution in [-0.4, -0.2) is 45.4 Å². The van der Waals surface area contributed by atoms with Crippen LogP contribution in [0.2, 0.25) is 0 Å². The van der Waals surface area contributed by atoms with E-state index in [1.54, 1.807) is 5.32 Å². The maximum atomic E-state index is 12.0. The van der Waals surface area contributed by atoms with Crippen molar-refractivity contribution in [2.45, 2.75) is 19.2 Å². The van der Waals surface area contributed by atoms with Crippen LogP contribution in [0.3, 0.4) is 0 Å². The fourth-order valence-corrected chi connectivity index (χ4v) is 2.09. The number of sulfonamides is 1. The van der Waals surface area contributed by atoms with Crippen LogP contribution in [0.5, 0.6) is 0 Å². The normalized spacial score (nSPS) is 13.0. The lowest BCUT2D eigenvalue weighted by molar-refractivity contribution is -0.143. The van der Waals surface area contributed by atoms with E-state index in [4.69, 9.17) is 4.74 Å². The van der Waals surface area contributed by atoms with Crippen molar-refractivity contribution in [2.75, 3.05) is 17.5 Å². The molecule has 134 valence electrons. The number of amides is 1. The summed E-state index contributed by atoms with van der Waals surface area (Å²) < 4.78 is 65.2. The molecule has 0 fully saturated rings. The van der Waals surface area contributed by atoms with E-state index in [-0.39, 0.29) is 11.3 Å². The molecule has 7 nitrogen and oxygen atoms in total. The first-order valence-corrected chi connectivity index (χ1v) is 8.40. The molecule has 0 saturated heterocycles. The van der Waals surface area contributed by atoms with E-state index in [2.05, 4.69) is 4.72 Å². The number of esters is 1. The van der Waals surface area contributed by atoms with Gasteiger partial charge in [-0.1, -0.05) is 6.07 Å². The monoisotopic (exact) mass is 368 g/mol. The molecule has 1 atom stereocenters. The van der Waals surface area contributed by atoms with Crippen molar-refractivity contribution in [3.63, 3.8) is 0 Å². The van der Waals surface area contributed by atoms with Crippen molar-refractivity contribution in [3.8, 4) is 0 Å². The minimum absolute atomic E-state index is 0.0703. The van der Waals surface area contributed by atoms with Gasteiger partial charge in [0, 0.05) is 5.69 Å². The zero-order valence-electron chi connectivity index (χ0n) is 12.7. The number of nitrogens with one attached hydrogen (secondary N) is 2. The third-order valence-corrected chi connectivity index (χ3v) is 3.12. The standard InChI is InChI=1S/C13H15F3N2O5S/c1-8(11(19)17-7-13(14,15)16)23-12(20)9-4-3-5-10(6-9)18-24(2,21)22/h3-6,8,18H,7H2,1-2H3,(H,17,19). The van der Waals surface area contributed by atoms with Crippen molar-refractivity contribution in [2.24, 2.45) is 0 Å². The number of benzene rings is 1. The summed E-state index contributed by atoms with van der Waals surface area (Å²) >= 11 is 0. The Morgan fingerprint density at radius 1 is 1.29 bits per heavy atom. The van der Waals surface area contributed by atoms with Gasteiger partial charge in [0.15, 0.2) is 6.10 Å². The Bertz CT molecular complexity index is 719. The Kier molecular flexibility index (Phi) is 6.18. The van der Waals surface area contributed by atoms with E-state index in [1.165, 1.54) is 24.3 Å². The van der Waals surface area contributed by atoms with Crippen LogP contribution < -0.4 is 10.0 Å². The average Bonchev–Trinajstić information content (AvgIpc) is 2.42. The number of halogens is 3. The first-order valence-electron chi connectivity index (χ1n) is 6.51. The second-order valence-electron chi connectivity index (χ2n) is 4.84. The SMILES string of the molecule is CC(OC(=O)c1cccc(NS(C)(=O)=O)c1)C(=O)NCC(F)(F)F. The van der Waals surface area contributed by atoms with Gasteiger partial charge in [-0.25, -0.2) is 13.2 Å². The molecule has 1 unspecified atom stereocenters. The summed E-state index contributed by atoms with van der Waals surface area (Å²) in [6.45, 7) is -0.427. The predicted molar refractivity (Wildman–Crippen MR) is 78.9 cm³/mol. The highest BCUT2D eigenvalue weighted by atomic mass is 32.2. The second kappa shape index (κ2) is 7.51. The molecule has 1 aromatic carbocycles. The highest BCUT2D eigenvalue weighted by Crippen LogP contribution is 2.14. The Morgan fingerprint density at radius 3 is 2.46 bits per heavy atom. The van der Waals surface area contributed by atoms with Crippen molar-refractivity contribution in [1.82, 2.24) is 5.32 Å². The highest BCUT2D eigenvalue weighted by Gasteiger charge is 2.29. The molecule has 1 amide bonds. The zero-order valence-corrected chi connectivity index (χ0v) is 13.5. The maximum absolute atomic E-state index is 12.0. The number of carbonyl (C=O) groups excluding carboxylic acids is 2. The minimum Gasteiger partial charge on any atom is -0.449 e. The van der Waals surface area contributed by atoms with E-state index in [1.807, 2.05) is 0 Å². The predicted octanol–water partition coefficient (Wildman–Crippen LogP) is 1.28. The third-order valence-electron chi connectivity index (χ3n) is 2.52. The number of ether oxygens (including phenoxy) is 1. The molecule has 0 spiro atoms. The van der Waals surface area contributed by atoms with Crippen molar-refractivity contribution in [1.29, 1.82) is 0 Å². The highest BCUT2D eigenvalue weighted by molar-refractivity contribution is 7.92. The topological polar surface area (TPSA) is 102 Å². The van der Waals surface area contributed by atoms with Gasteiger partial charge < -0.3 is 10.1 Å². The van der Waals surface area contributed by atoms with Crippen LogP contribution in [0.15, 0.2) is 24.3 Å². The summed E-state index contributed by atoms with van der Waals surface area (Å²) in [5.74, 6) is -2.09. The Morgan fingerprint density at radius 2 is 1.92 bits per heavy atom. The molecule has 0 saturated carbocycles. The molecule has 0 heterocycles. The summed E-state index contributed by atoms with van der Waals surface area (Å²) in [6, 6.07) is 5.23. The first kappa shape index (κ1) is 19.7. The lowest BCUT2D eigenvalue weighted by Gasteiger charge is -2.15. The summed E-state index contributed by atoms with van der Waals surface area (Å²) in [4.78, 5) is 23.3. The van der Waals surface area contributed by atoms with Crippen LogP contribution in [-0.2, 0) is 19.6 Å². The molecular formula is C13H15F3N2O5S. The van der Waals surface area contributed by atoms with Gasteiger partial charge in [0.1, 0.15) is 6.54 Å². The number of alkyl halides is 3. The molecule has 2 N–H and O–H groups in total. The third kappa shape index (κ3) is 7.31. The minimum atomic E-state index is -4.58. The summed E-state index contributed by atoms with van der Waals surface area (Å²) in [5.41, 5.74) is 0.0280. The lowest BCUT2D eigenvalue weighted by atomic mass is 10.2. The smallest absolute Gasteiger partial charge is 0.405 e. The number of anilines is 1. The average molecular weight is 368 g/mol. The number of hydrogen-bond donors (Lipinski definition) is 2. The Hall–Kier alpha value is -2.30. The summed E-state index contributed by atoms with van der Waals surface area (Å²) in [5, 5.41) is 1.59. The van der Waals surface area contributed by atoms with Crippen LogP contribution in [0.25, 0.3) is 0 Å². The van der Waals surface area contributed by atoms with Crippen LogP contribution in [0.4, 0.5) is 18.9 Å². The maximum Gasteiger partial charge on any atom is 0.405 e. The van der Waals surface area contributed by atoms with Crippen molar-refractivity contribution < 1.29 is 35.9 Å². The molecule has 11 heteroatoms. The molecule has 24 heavy (non-hydrogen) atoms. The summed E-state index contributed by atoms with van der Waals surface area (Å²) in [7, 11) is -3.55.